The van der Waals surface area contributed by atoms with Gasteiger partial charge in [-0.3, -0.25) is 0 Å². The molecule has 3 heteroatoms. The number of aliphatic carboxylic acids is 1. The van der Waals surface area contributed by atoms with Crippen molar-refractivity contribution in [1.29, 1.82) is 0 Å². The molecule has 2 rings (SSSR count). The highest BCUT2D eigenvalue weighted by molar-refractivity contribution is 5.80. The van der Waals surface area contributed by atoms with Crippen LogP contribution in [0.3, 0.4) is 0 Å². The van der Waals surface area contributed by atoms with Crippen molar-refractivity contribution >= 4 is 5.97 Å². The van der Waals surface area contributed by atoms with Crippen LogP contribution >= 0.6 is 0 Å². The van der Waals surface area contributed by atoms with Crippen molar-refractivity contribution in [2.45, 2.75) is 31.1 Å². The quantitative estimate of drug-likeness (QED) is 0.735. The number of rotatable bonds is 2. The van der Waals surface area contributed by atoms with Gasteiger partial charge in [-0.25, -0.2) is 4.39 Å². The number of halogens is 1. The Morgan fingerprint density at radius 1 is 1.27 bits per heavy atom. The topological polar surface area (TPSA) is 40.1 Å². The summed E-state index contributed by atoms with van der Waals surface area (Å²) in [7, 11) is 0. The van der Waals surface area contributed by atoms with Gasteiger partial charge in [0.25, 0.3) is 0 Å². The minimum atomic E-state index is -1.15. The van der Waals surface area contributed by atoms with E-state index in [1.807, 2.05) is 0 Å². The van der Waals surface area contributed by atoms with Gasteiger partial charge in [-0.1, -0.05) is 31.0 Å². The molecule has 0 radical (unpaired) electrons. The molecule has 1 fully saturated rings. The molecule has 1 aliphatic carbocycles. The Balaban J connectivity index is 2.50. The van der Waals surface area contributed by atoms with E-state index in [0.717, 1.165) is 12.8 Å². The first kappa shape index (κ1) is 10.1. The fourth-order valence-corrected chi connectivity index (χ4v) is 2.41. The van der Waals surface area contributed by atoms with E-state index in [4.69, 9.17) is 0 Å². The largest absolute Gasteiger partial charge is 0.549 e. The Morgan fingerprint density at radius 3 is 2.40 bits per heavy atom. The van der Waals surface area contributed by atoms with Crippen LogP contribution in [0.2, 0.25) is 0 Å². The molecule has 0 unspecified atom stereocenters. The number of hydrogen-bond acceptors (Lipinski definition) is 2. The first-order valence-electron chi connectivity index (χ1n) is 5.13. The second kappa shape index (κ2) is 3.65. The SMILES string of the molecule is O=C([O-])C1(c2ccccc2F)CCCC1. The van der Waals surface area contributed by atoms with Gasteiger partial charge >= 0.3 is 0 Å². The van der Waals surface area contributed by atoms with Crippen molar-refractivity contribution in [3.63, 3.8) is 0 Å². The second-order valence-electron chi connectivity index (χ2n) is 4.06. The minimum absolute atomic E-state index is 0.280. The van der Waals surface area contributed by atoms with Gasteiger partial charge in [-0.2, -0.15) is 0 Å². The lowest BCUT2D eigenvalue weighted by Gasteiger charge is -2.30. The van der Waals surface area contributed by atoms with Crippen molar-refractivity contribution < 1.29 is 14.3 Å². The first-order valence-corrected chi connectivity index (χ1v) is 5.13. The van der Waals surface area contributed by atoms with Crippen LogP contribution in [0, 0.1) is 5.82 Å². The van der Waals surface area contributed by atoms with E-state index in [0.29, 0.717) is 12.8 Å². The molecule has 0 N–H and O–H groups in total. The predicted molar refractivity (Wildman–Crippen MR) is 51.6 cm³/mol. The van der Waals surface area contributed by atoms with Gasteiger partial charge in [0.05, 0.1) is 5.97 Å². The summed E-state index contributed by atoms with van der Waals surface area (Å²) in [6.07, 6.45) is 2.61. The fraction of sp³-hybridized carbons (Fsp3) is 0.417. The molecular formula is C12H12FO2-. The lowest BCUT2D eigenvalue weighted by Crippen LogP contribution is -2.44. The Morgan fingerprint density at radius 2 is 1.87 bits per heavy atom. The lowest BCUT2D eigenvalue weighted by atomic mass is 9.79. The standard InChI is InChI=1S/C12H13FO2/c13-10-6-2-1-5-9(10)12(11(14)15)7-3-4-8-12/h1-2,5-6H,3-4,7-8H2,(H,14,15)/p-1. The molecule has 1 saturated carbocycles. The predicted octanol–water partition coefficient (Wildman–Crippen LogP) is 1.39. The number of hydrogen-bond donors (Lipinski definition) is 0. The molecule has 2 nitrogen and oxygen atoms in total. The molecule has 0 amide bonds. The molecule has 0 aliphatic heterocycles. The van der Waals surface area contributed by atoms with Crippen molar-refractivity contribution in [1.82, 2.24) is 0 Å². The number of carbonyl (C=O) groups excluding carboxylic acids is 1. The normalized spacial score (nSPS) is 19.0. The molecule has 1 aromatic rings. The van der Waals surface area contributed by atoms with E-state index in [1.54, 1.807) is 18.2 Å². The van der Waals surface area contributed by atoms with E-state index in [-0.39, 0.29) is 5.56 Å². The molecule has 0 spiro atoms. The third kappa shape index (κ3) is 1.52. The van der Waals surface area contributed by atoms with Crippen LogP contribution in [-0.2, 0) is 10.2 Å². The summed E-state index contributed by atoms with van der Waals surface area (Å²) in [5.41, 5.74) is -0.812. The highest BCUT2D eigenvalue weighted by atomic mass is 19.1. The Bertz CT molecular complexity index is 381. The summed E-state index contributed by atoms with van der Waals surface area (Å²) < 4.78 is 13.6. The van der Waals surface area contributed by atoms with Crippen molar-refractivity contribution in [3.05, 3.63) is 35.6 Å². The zero-order valence-electron chi connectivity index (χ0n) is 8.33. The number of carbonyl (C=O) groups is 1. The minimum Gasteiger partial charge on any atom is -0.549 e. The van der Waals surface area contributed by atoms with Gasteiger partial charge in [0.15, 0.2) is 0 Å². The molecule has 1 aromatic carbocycles. The number of carboxylic acids is 1. The maximum absolute atomic E-state index is 13.6. The van der Waals surface area contributed by atoms with E-state index in [1.165, 1.54) is 6.07 Å². The maximum Gasteiger partial charge on any atom is 0.127 e. The van der Waals surface area contributed by atoms with Crippen LogP contribution < -0.4 is 5.11 Å². The van der Waals surface area contributed by atoms with Gasteiger partial charge in [0, 0.05) is 5.41 Å². The van der Waals surface area contributed by atoms with Crippen LogP contribution in [0.5, 0.6) is 0 Å². The van der Waals surface area contributed by atoms with Crippen LogP contribution in [0.1, 0.15) is 31.2 Å². The molecule has 0 atom stereocenters. The van der Waals surface area contributed by atoms with Gasteiger partial charge in [-0.15, -0.1) is 0 Å². The molecule has 0 saturated heterocycles. The Kier molecular flexibility index (Phi) is 2.47. The summed E-state index contributed by atoms with van der Waals surface area (Å²) >= 11 is 0. The van der Waals surface area contributed by atoms with E-state index < -0.39 is 17.2 Å². The monoisotopic (exact) mass is 207 g/mol. The number of benzene rings is 1. The van der Waals surface area contributed by atoms with E-state index >= 15 is 0 Å². The summed E-state index contributed by atoms with van der Waals surface area (Å²) in [6.45, 7) is 0. The van der Waals surface area contributed by atoms with Gasteiger partial charge in [0.2, 0.25) is 0 Å². The summed E-state index contributed by atoms with van der Waals surface area (Å²) in [6, 6.07) is 6.09. The van der Waals surface area contributed by atoms with Crippen LogP contribution in [0.15, 0.2) is 24.3 Å². The number of carboxylic acid groups (broad SMARTS) is 1. The zero-order valence-corrected chi connectivity index (χ0v) is 8.33. The molecular weight excluding hydrogens is 195 g/mol. The summed E-state index contributed by atoms with van der Waals surface area (Å²) in [5, 5.41) is 11.2. The molecule has 0 aromatic heterocycles. The molecule has 80 valence electrons. The Labute approximate surface area is 87.7 Å². The van der Waals surface area contributed by atoms with E-state index in [9.17, 15) is 14.3 Å². The van der Waals surface area contributed by atoms with Crippen molar-refractivity contribution in [3.8, 4) is 0 Å². The van der Waals surface area contributed by atoms with Crippen LogP contribution in [0.25, 0.3) is 0 Å². The van der Waals surface area contributed by atoms with Gasteiger partial charge in [-0.05, 0) is 24.5 Å². The summed E-state index contributed by atoms with van der Waals surface area (Å²) in [4.78, 5) is 11.2. The molecule has 1 aliphatic rings. The molecule has 0 heterocycles. The van der Waals surface area contributed by atoms with Crippen LogP contribution in [-0.4, -0.2) is 5.97 Å². The smallest absolute Gasteiger partial charge is 0.127 e. The Hall–Kier alpha value is -1.38. The average Bonchev–Trinajstić information content (AvgIpc) is 2.68. The molecule has 15 heavy (non-hydrogen) atoms. The van der Waals surface area contributed by atoms with E-state index in [2.05, 4.69) is 0 Å². The fourth-order valence-electron chi connectivity index (χ4n) is 2.41. The lowest BCUT2D eigenvalue weighted by molar-refractivity contribution is -0.313. The van der Waals surface area contributed by atoms with Crippen molar-refractivity contribution in [2.75, 3.05) is 0 Å². The van der Waals surface area contributed by atoms with Crippen LogP contribution in [0.4, 0.5) is 4.39 Å². The highest BCUT2D eigenvalue weighted by Crippen LogP contribution is 2.41. The zero-order chi connectivity index (χ0) is 10.9. The average molecular weight is 207 g/mol. The summed E-state index contributed by atoms with van der Waals surface area (Å²) in [5.74, 6) is -1.59. The third-order valence-electron chi connectivity index (χ3n) is 3.24. The third-order valence-corrected chi connectivity index (χ3v) is 3.24. The van der Waals surface area contributed by atoms with Crippen molar-refractivity contribution in [2.24, 2.45) is 0 Å². The van der Waals surface area contributed by atoms with Gasteiger partial charge < -0.3 is 9.90 Å². The first-order chi connectivity index (χ1) is 7.17. The van der Waals surface area contributed by atoms with Gasteiger partial charge in [0.1, 0.15) is 5.82 Å². The molecule has 0 bridgehead atoms. The second-order valence-corrected chi connectivity index (χ2v) is 4.06. The highest BCUT2D eigenvalue weighted by Gasteiger charge is 2.38. The maximum atomic E-state index is 13.6.